The maximum Gasteiger partial charge on any atom is 0.0635 e. The van der Waals surface area contributed by atoms with E-state index in [-0.39, 0.29) is 0 Å². The summed E-state index contributed by atoms with van der Waals surface area (Å²) in [5.74, 6) is 0. The molecule has 0 aliphatic carbocycles. The van der Waals surface area contributed by atoms with Gasteiger partial charge in [0.2, 0.25) is 0 Å². The Bertz CT molecular complexity index is 3130. The molecule has 0 N–H and O–H groups in total. The molecule has 0 unspecified atom stereocenters. The van der Waals surface area contributed by atoms with Crippen LogP contribution in [0, 0.1) is 0 Å². The molecular formula is C52H34N2. The Kier molecular flexibility index (Phi) is 6.90. The van der Waals surface area contributed by atoms with Crippen LogP contribution in [-0.2, 0) is 0 Å². The lowest BCUT2D eigenvalue weighted by Crippen LogP contribution is -1.97. The average molecular weight is 687 g/mol. The highest BCUT2D eigenvalue weighted by molar-refractivity contribution is 6.22. The number of benzene rings is 9. The average Bonchev–Trinajstić information content (AvgIpc) is 3.80. The van der Waals surface area contributed by atoms with Crippen LogP contribution in [0.3, 0.4) is 0 Å². The van der Waals surface area contributed by atoms with Crippen LogP contribution in [0.15, 0.2) is 206 Å². The molecule has 0 aliphatic rings. The largest absolute Gasteiger partial charge is 0.309 e. The topological polar surface area (TPSA) is 9.86 Å². The monoisotopic (exact) mass is 686 g/mol. The van der Waals surface area contributed by atoms with Gasteiger partial charge in [-0.3, -0.25) is 0 Å². The highest BCUT2D eigenvalue weighted by Crippen LogP contribution is 2.45. The number of aromatic nitrogens is 2. The Morgan fingerprint density at radius 1 is 0.259 bits per heavy atom. The van der Waals surface area contributed by atoms with Crippen molar-refractivity contribution in [2.45, 2.75) is 0 Å². The Morgan fingerprint density at radius 2 is 0.741 bits per heavy atom. The predicted molar refractivity (Wildman–Crippen MR) is 229 cm³/mol. The second-order valence-electron chi connectivity index (χ2n) is 14.1. The van der Waals surface area contributed by atoms with Gasteiger partial charge in [-0.15, -0.1) is 0 Å². The molecule has 2 heteroatoms. The summed E-state index contributed by atoms with van der Waals surface area (Å²) >= 11 is 0. The van der Waals surface area contributed by atoms with E-state index in [2.05, 4.69) is 215 Å². The zero-order valence-electron chi connectivity index (χ0n) is 29.5. The lowest BCUT2D eigenvalue weighted by atomic mass is 9.86. The Labute approximate surface area is 313 Å². The van der Waals surface area contributed by atoms with E-state index in [0.29, 0.717) is 0 Å². The third kappa shape index (κ3) is 4.60. The van der Waals surface area contributed by atoms with E-state index in [1.807, 2.05) is 0 Å². The summed E-state index contributed by atoms with van der Waals surface area (Å²) in [6, 6.07) is 75.1. The van der Waals surface area contributed by atoms with Crippen molar-refractivity contribution in [2.75, 3.05) is 0 Å². The van der Waals surface area contributed by atoms with Crippen molar-refractivity contribution in [3.05, 3.63) is 206 Å². The lowest BCUT2D eigenvalue weighted by Gasteiger charge is -2.18. The number of rotatable bonds is 5. The molecule has 0 saturated carbocycles. The number of hydrogen-bond acceptors (Lipinski definition) is 0. The van der Waals surface area contributed by atoms with Crippen molar-refractivity contribution in [3.8, 4) is 44.9 Å². The van der Waals surface area contributed by atoms with Crippen LogP contribution in [0.5, 0.6) is 0 Å². The summed E-state index contributed by atoms with van der Waals surface area (Å²) in [5, 5.41) is 8.75. The first-order valence-electron chi connectivity index (χ1n) is 18.6. The van der Waals surface area contributed by atoms with Crippen molar-refractivity contribution in [3.63, 3.8) is 0 Å². The van der Waals surface area contributed by atoms with Gasteiger partial charge in [0.1, 0.15) is 0 Å². The van der Waals surface area contributed by atoms with Gasteiger partial charge in [0.25, 0.3) is 0 Å². The van der Waals surface area contributed by atoms with E-state index < -0.39 is 0 Å². The highest BCUT2D eigenvalue weighted by atomic mass is 15.0. The van der Waals surface area contributed by atoms with Gasteiger partial charge in [0.15, 0.2) is 0 Å². The summed E-state index contributed by atoms with van der Waals surface area (Å²) in [6.45, 7) is 0. The van der Waals surface area contributed by atoms with Gasteiger partial charge in [-0.1, -0.05) is 164 Å². The summed E-state index contributed by atoms with van der Waals surface area (Å²) < 4.78 is 4.90. The van der Waals surface area contributed by atoms with Gasteiger partial charge in [-0.05, 0) is 91.8 Å². The molecule has 2 heterocycles. The van der Waals surface area contributed by atoms with Crippen molar-refractivity contribution in [2.24, 2.45) is 0 Å². The molecule has 2 nitrogen and oxygen atoms in total. The molecule has 9 aromatic carbocycles. The van der Waals surface area contributed by atoms with Gasteiger partial charge in [0.05, 0.1) is 22.2 Å². The molecule has 11 rings (SSSR count). The molecular weight excluding hydrogens is 653 g/mol. The van der Waals surface area contributed by atoms with Crippen LogP contribution < -0.4 is 0 Å². The van der Waals surface area contributed by atoms with E-state index >= 15 is 0 Å². The summed E-state index contributed by atoms with van der Waals surface area (Å²) in [5.41, 5.74) is 13.2. The predicted octanol–water partition coefficient (Wildman–Crippen LogP) is 14.0. The zero-order valence-corrected chi connectivity index (χ0v) is 29.5. The van der Waals surface area contributed by atoms with E-state index in [1.165, 1.54) is 87.8 Å². The van der Waals surface area contributed by atoms with Gasteiger partial charge < -0.3 is 9.13 Å². The molecule has 252 valence electrons. The Morgan fingerprint density at radius 3 is 1.39 bits per heavy atom. The summed E-state index contributed by atoms with van der Waals surface area (Å²) in [4.78, 5) is 0. The van der Waals surface area contributed by atoms with E-state index in [4.69, 9.17) is 0 Å². The van der Waals surface area contributed by atoms with E-state index in [1.54, 1.807) is 0 Å². The third-order valence-corrected chi connectivity index (χ3v) is 11.1. The van der Waals surface area contributed by atoms with Gasteiger partial charge in [-0.25, -0.2) is 0 Å². The maximum atomic E-state index is 2.49. The molecule has 2 aromatic heterocycles. The first-order chi connectivity index (χ1) is 26.8. The lowest BCUT2D eigenvalue weighted by molar-refractivity contribution is 1.13. The van der Waals surface area contributed by atoms with Gasteiger partial charge >= 0.3 is 0 Å². The minimum atomic E-state index is 1.14. The maximum absolute atomic E-state index is 2.49. The first kappa shape index (κ1) is 30.5. The second kappa shape index (κ2) is 12.2. The van der Waals surface area contributed by atoms with Crippen LogP contribution in [-0.4, -0.2) is 9.13 Å². The van der Waals surface area contributed by atoms with Crippen molar-refractivity contribution >= 4 is 54.3 Å². The van der Waals surface area contributed by atoms with Crippen molar-refractivity contribution < 1.29 is 0 Å². The second-order valence-corrected chi connectivity index (χ2v) is 14.1. The molecule has 0 saturated heterocycles. The number of hydrogen-bond donors (Lipinski definition) is 0. The van der Waals surface area contributed by atoms with Crippen LogP contribution in [0.4, 0.5) is 0 Å². The van der Waals surface area contributed by atoms with Crippen LogP contribution in [0.25, 0.3) is 99.1 Å². The summed E-state index contributed by atoms with van der Waals surface area (Å²) in [7, 11) is 0. The number of para-hydroxylation sites is 2. The number of fused-ring (bicyclic) bond motifs is 7. The first-order valence-corrected chi connectivity index (χ1v) is 18.6. The molecule has 0 spiro atoms. The Hall–Kier alpha value is -7.16. The number of nitrogens with zero attached hydrogens (tertiary/aromatic N) is 2. The van der Waals surface area contributed by atoms with Crippen LogP contribution in [0.2, 0.25) is 0 Å². The Balaban J connectivity index is 1.22. The SMILES string of the molecule is c1ccc(-c2c3ccccc3c(-c3cccc(-n4c5ccccc5c5ccc6c(cc(-c7ccccc7)n6-c6ccccc6)c54)c3)c3ccccc23)cc1. The highest BCUT2D eigenvalue weighted by Gasteiger charge is 2.21. The van der Waals surface area contributed by atoms with E-state index in [9.17, 15) is 0 Å². The fraction of sp³-hybridized carbons (Fsp3) is 0. The minimum Gasteiger partial charge on any atom is -0.309 e. The standard InChI is InChI=1S/C52H34N2/c1-4-17-35(18-5-1)49-34-46-48(53(49)38-22-8-3-9-23-38)32-31-45-40-25-14-15-30-47(40)54(52(45)46)39-24-16-21-37(33-39)51-43-28-12-10-26-41(43)50(36-19-6-2-7-20-36)42-27-11-13-29-44(42)51/h1-34H. The molecule has 0 radical (unpaired) electrons. The van der Waals surface area contributed by atoms with E-state index in [0.717, 1.165) is 11.4 Å². The molecule has 54 heavy (non-hydrogen) atoms. The summed E-state index contributed by atoms with van der Waals surface area (Å²) in [6.07, 6.45) is 0. The van der Waals surface area contributed by atoms with Crippen molar-refractivity contribution in [1.29, 1.82) is 0 Å². The van der Waals surface area contributed by atoms with Crippen LogP contribution >= 0.6 is 0 Å². The van der Waals surface area contributed by atoms with Crippen LogP contribution in [0.1, 0.15) is 0 Å². The molecule has 11 aromatic rings. The fourth-order valence-corrected chi connectivity index (χ4v) is 8.84. The molecule has 0 aliphatic heterocycles. The van der Waals surface area contributed by atoms with Crippen molar-refractivity contribution in [1.82, 2.24) is 9.13 Å². The normalized spacial score (nSPS) is 11.7. The van der Waals surface area contributed by atoms with Gasteiger partial charge in [-0.2, -0.15) is 0 Å². The van der Waals surface area contributed by atoms with Gasteiger partial charge in [0, 0.05) is 27.5 Å². The minimum absolute atomic E-state index is 1.14. The fourth-order valence-electron chi connectivity index (χ4n) is 8.84. The molecule has 0 fully saturated rings. The zero-order chi connectivity index (χ0) is 35.6. The molecule has 0 amide bonds. The quantitative estimate of drug-likeness (QED) is 0.160. The molecule has 0 atom stereocenters. The third-order valence-electron chi connectivity index (χ3n) is 11.1. The molecule has 0 bridgehead atoms. The smallest absolute Gasteiger partial charge is 0.0635 e.